The fraction of sp³-hybridized carbons (Fsp3) is 0.182. The molecule has 0 aliphatic carbocycles. The zero-order chi connectivity index (χ0) is 23.7. The number of thiazole rings is 1. The minimum Gasteiger partial charge on any atom is -0.491 e. The number of anilines is 1. The molecular weight excluding hydrogens is 453 g/mol. The Morgan fingerprint density at radius 1 is 1.15 bits per heavy atom. The molecule has 0 bridgehead atoms. The first-order chi connectivity index (χ1) is 15.8. The first-order valence-corrected chi connectivity index (χ1v) is 10.5. The van der Waals surface area contributed by atoms with Crippen molar-refractivity contribution in [3.63, 3.8) is 0 Å². The van der Waals surface area contributed by atoms with Crippen molar-refractivity contribution in [3.05, 3.63) is 69.7 Å². The van der Waals surface area contributed by atoms with Crippen molar-refractivity contribution in [2.75, 3.05) is 12.4 Å². The lowest BCUT2D eigenvalue weighted by atomic mass is 10.2. The quantitative estimate of drug-likeness (QED) is 0.259. The minimum atomic E-state index is -1.54. The third-order valence-electron chi connectivity index (χ3n) is 4.80. The van der Waals surface area contributed by atoms with Crippen LogP contribution in [0.4, 0.5) is 24.7 Å². The second-order valence-corrected chi connectivity index (χ2v) is 8.38. The maximum Gasteiger partial charge on any atom is 0.232 e. The standard InChI is InChI=1S/C22H17F3N6OS/c1-11-4-17-19(33-12(2)28-17)7-16(11)29-22-30-21(27-10-26)18(32-3)9-31(22)8-13-5-14(23)20(25)15(24)6-13/h4-7,9H,8H2,1-3H3,(H,27,29,30). The molecule has 0 aliphatic rings. The molecule has 4 rings (SSSR count). The van der Waals surface area contributed by atoms with Crippen LogP contribution in [0.25, 0.3) is 10.2 Å². The fourth-order valence-electron chi connectivity index (χ4n) is 3.28. The Morgan fingerprint density at radius 2 is 1.88 bits per heavy atom. The number of nitrogens with one attached hydrogen (secondary N) is 1. The van der Waals surface area contributed by atoms with Crippen LogP contribution in [-0.2, 0) is 6.54 Å². The van der Waals surface area contributed by atoms with Crippen LogP contribution in [0.1, 0.15) is 16.1 Å². The van der Waals surface area contributed by atoms with Crippen LogP contribution in [0, 0.1) is 42.8 Å². The maximum absolute atomic E-state index is 13.8. The summed E-state index contributed by atoms with van der Waals surface area (Å²) in [5.41, 5.74) is 2.60. The summed E-state index contributed by atoms with van der Waals surface area (Å²) in [5.74, 6) is -3.80. The van der Waals surface area contributed by atoms with Crippen LogP contribution in [0.15, 0.2) is 35.5 Å². The van der Waals surface area contributed by atoms with Gasteiger partial charge in [0.15, 0.2) is 35.2 Å². The lowest BCUT2D eigenvalue weighted by Gasteiger charge is -2.13. The van der Waals surface area contributed by atoms with E-state index in [1.54, 1.807) is 6.19 Å². The molecular formula is C22H17F3N6OS. The highest BCUT2D eigenvalue weighted by Crippen LogP contribution is 2.29. The van der Waals surface area contributed by atoms with Crippen LogP contribution in [0.2, 0.25) is 0 Å². The number of nitriles is 1. The first-order valence-electron chi connectivity index (χ1n) is 9.65. The Bertz CT molecular complexity index is 1470. The number of aryl methyl sites for hydroxylation is 2. The van der Waals surface area contributed by atoms with Crippen LogP contribution >= 0.6 is 11.3 Å². The smallest absolute Gasteiger partial charge is 0.232 e. The second kappa shape index (κ2) is 8.91. The van der Waals surface area contributed by atoms with E-state index < -0.39 is 17.5 Å². The van der Waals surface area contributed by atoms with E-state index in [0.29, 0.717) is 5.69 Å². The third-order valence-corrected chi connectivity index (χ3v) is 5.73. The summed E-state index contributed by atoms with van der Waals surface area (Å²) in [6, 6.07) is 5.59. The maximum atomic E-state index is 13.8. The lowest BCUT2D eigenvalue weighted by Crippen LogP contribution is -2.26. The van der Waals surface area contributed by atoms with E-state index in [-0.39, 0.29) is 29.3 Å². The van der Waals surface area contributed by atoms with Gasteiger partial charge in [0.25, 0.3) is 0 Å². The van der Waals surface area contributed by atoms with E-state index in [4.69, 9.17) is 10.00 Å². The summed E-state index contributed by atoms with van der Waals surface area (Å²) in [7, 11) is 1.39. The van der Waals surface area contributed by atoms with Crippen molar-refractivity contribution in [3.8, 4) is 11.9 Å². The monoisotopic (exact) mass is 470 g/mol. The molecule has 0 fully saturated rings. The minimum absolute atomic E-state index is 0.0793. The van der Waals surface area contributed by atoms with Gasteiger partial charge >= 0.3 is 0 Å². The Hall–Kier alpha value is -3.91. The highest BCUT2D eigenvalue weighted by Gasteiger charge is 2.14. The summed E-state index contributed by atoms with van der Waals surface area (Å²) in [6.45, 7) is 3.71. The molecule has 1 N–H and O–H groups in total. The van der Waals surface area contributed by atoms with Crippen LogP contribution in [-0.4, -0.2) is 21.6 Å². The van der Waals surface area contributed by atoms with Gasteiger partial charge in [-0.05, 0) is 49.2 Å². The molecule has 0 unspecified atom stereocenters. The Kier molecular flexibility index (Phi) is 6.02. The molecule has 7 nitrogen and oxygen atoms in total. The molecule has 2 heterocycles. The van der Waals surface area contributed by atoms with Gasteiger partial charge in [0.2, 0.25) is 5.62 Å². The Morgan fingerprint density at radius 3 is 2.55 bits per heavy atom. The molecule has 0 amide bonds. The summed E-state index contributed by atoms with van der Waals surface area (Å²) in [4.78, 5) is 13.5. The Balaban J connectivity index is 1.91. The number of rotatable bonds is 5. The largest absolute Gasteiger partial charge is 0.491 e. The van der Waals surface area contributed by atoms with Gasteiger partial charge in [0.1, 0.15) is 0 Å². The van der Waals surface area contributed by atoms with E-state index in [1.165, 1.54) is 29.2 Å². The zero-order valence-corrected chi connectivity index (χ0v) is 18.6. The van der Waals surface area contributed by atoms with Gasteiger partial charge in [-0.1, -0.05) is 0 Å². The van der Waals surface area contributed by atoms with Crippen molar-refractivity contribution < 1.29 is 17.9 Å². The summed E-state index contributed by atoms with van der Waals surface area (Å²) >= 11 is 1.52. The van der Waals surface area contributed by atoms with Crippen molar-refractivity contribution in [2.45, 2.75) is 20.4 Å². The van der Waals surface area contributed by atoms with Gasteiger partial charge in [-0.15, -0.1) is 11.3 Å². The number of hydrogen-bond donors (Lipinski definition) is 1. The highest BCUT2D eigenvalue weighted by molar-refractivity contribution is 7.18. The molecule has 168 valence electrons. The zero-order valence-electron chi connectivity index (χ0n) is 17.8. The molecule has 33 heavy (non-hydrogen) atoms. The molecule has 2 aromatic carbocycles. The number of fused-ring (bicyclic) bond motifs is 1. The molecule has 0 spiro atoms. The van der Waals surface area contributed by atoms with Gasteiger partial charge in [0, 0.05) is 0 Å². The second-order valence-electron chi connectivity index (χ2n) is 7.15. The topological polar surface area (TPSA) is 88.1 Å². The highest BCUT2D eigenvalue weighted by atomic mass is 32.1. The summed E-state index contributed by atoms with van der Waals surface area (Å²) in [5, 5.41) is 12.4. The average Bonchev–Trinajstić information content (AvgIpc) is 3.12. The number of aromatic nitrogens is 3. The SMILES string of the molecule is COc1cn(Cc2cc(F)c(F)c(F)c2)c(=Nc2cc3sc(C)nc3cc2C)nc1NC#N. The summed E-state index contributed by atoms with van der Waals surface area (Å²) < 4.78 is 48.6. The number of hydrogen-bond acceptors (Lipinski definition) is 7. The fourth-order valence-corrected chi connectivity index (χ4v) is 4.13. The van der Waals surface area contributed by atoms with Crippen LogP contribution in [0.3, 0.4) is 0 Å². The molecule has 0 atom stereocenters. The lowest BCUT2D eigenvalue weighted by molar-refractivity contribution is 0.407. The van der Waals surface area contributed by atoms with Crippen molar-refractivity contribution >= 4 is 33.1 Å². The molecule has 0 aliphatic heterocycles. The van der Waals surface area contributed by atoms with Gasteiger partial charge in [0.05, 0.1) is 40.8 Å². The number of ether oxygens (including phenoxy) is 1. The molecule has 0 saturated heterocycles. The van der Waals surface area contributed by atoms with Crippen LogP contribution < -0.4 is 15.7 Å². The van der Waals surface area contributed by atoms with E-state index >= 15 is 0 Å². The number of benzene rings is 2. The van der Waals surface area contributed by atoms with E-state index in [9.17, 15) is 13.2 Å². The number of methoxy groups -OCH3 is 1. The molecule has 0 saturated carbocycles. The van der Waals surface area contributed by atoms with Crippen molar-refractivity contribution in [2.24, 2.45) is 4.99 Å². The number of nitrogens with zero attached hydrogens (tertiary/aromatic N) is 5. The van der Waals surface area contributed by atoms with E-state index in [1.807, 2.05) is 26.0 Å². The van der Waals surface area contributed by atoms with Gasteiger partial charge < -0.3 is 9.30 Å². The Labute approximate surface area is 190 Å². The number of halogens is 3. The summed E-state index contributed by atoms with van der Waals surface area (Å²) in [6.07, 6.45) is 3.28. The molecule has 11 heteroatoms. The van der Waals surface area contributed by atoms with Gasteiger partial charge in [-0.2, -0.15) is 10.2 Å². The molecule has 0 radical (unpaired) electrons. The van der Waals surface area contributed by atoms with Crippen LogP contribution in [0.5, 0.6) is 5.75 Å². The predicted octanol–water partition coefficient (Wildman–Crippen LogP) is 4.71. The molecule has 4 aromatic rings. The normalized spacial score (nSPS) is 11.6. The predicted molar refractivity (Wildman–Crippen MR) is 118 cm³/mol. The van der Waals surface area contributed by atoms with E-state index in [2.05, 4.69) is 20.3 Å². The van der Waals surface area contributed by atoms with E-state index in [0.717, 1.165) is 32.9 Å². The van der Waals surface area contributed by atoms with Crippen molar-refractivity contribution in [1.82, 2.24) is 14.5 Å². The average molecular weight is 470 g/mol. The van der Waals surface area contributed by atoms with Crippen molar-refractivity contribution in [1.29, 1.82) is 5.26 Å². The van der Waals surface area contributed by atoms with Gasteiger partial charge in [-0.25, -0.2) is 23.1 Å². The molecule has 2 aromatic heterocycles. The van der Waals surface area contributed by atoms with Gasteiger partial charge in [-0.3, -0.25) is 5.32 Å². The first kappa shape index (κ1) is 22.3. The third kappa shape index (κ3) is 4.51.